The molecule has 0 saturated carbocycles. The minimum atomic E-state index is -0.0652. The molecule has 0 aliphatic carbocycles. The number of anilines is 1. The van der Waals surface area contributed by atoms with E-state index in [0.717, 1.165) is 42.2 Å². The molecule has 2 bridgehead atoms. The summed E-state index contributed by atoms with van der Waals surface area (Å²) in [5.41, 5.74) is 9.40. The Morgan fingerprint density at radius 2 is 1.91 bits per heavy atom. The molecule has 1 unspecified atom stereocenters. The van der Waals surface area contributed by atoms with Gasteiger partial charge in [0.05, 0.1) is 17.9 Å². The number of hydrogen-bond donors (Lipinski definition) is 3. The van der Waals surface area contributed by atoms with E-state index in [4.69, 9.17) is 5.73 Å². The van der Waals surface area contributed by atoms with Gasteiger partial charge in [-0.05, 0) is 18.9 Å². The maximum atomic E-state index is 6.12. The zero-order valence-corrected chi connectivity index (χ0v) is 14.2. The molecule has 2 aromatic rings. The molecule has 0 fully saturated rings. The fraction of sp³-hybridized carbons (Fsp3) is 0.316. The predicted molar refractivity (Wildman–Crippen MR) is 100 cm³/mol. The lowest BCUT2D eigenvalue weighted by Crippen LogP contribution is -2.11. The van der Waals surface area contributed by atoms with Gasteiger partial charge in [0.25, 0.3) is 0 Å². The van der Waals surface area contributed by atoms with E-state index in [-0.39, 0.29) is 6.04 Å². The number of H-pyrrole nitrogens is 1. The first-order valence-electron chi connectivity index (χ1n) is 8.13. The number of benzene rings is 1. The van der Waals surface area contributed by atoms with Gasteiger partial charge < -0.3 is 16.0 Å². The normalized spacial score (nSPS) is 17.4. The fourth-order valence-corrected chi connectivity index (χ4v) is 2.30. The van der Waals surface area contributed by atoms with Crippen LogP contribution in [0.4, 0.5) is 5.69 Å². The number of nitrogens with one attached hydrogen (secondary N) is 2. The number of imidazole rings is 1. The molecule has 0 radical (unpaired) electrons. The van der Waals surface area contributed by atoms with Crippen LogP contribution in [0.5, 0.6) is 0 Å². The third-order valence-electron chi connectivity index (χ3n) is 3.35. The number of hydrogen-bond acceptors (Lipinski definition) is 3. The summed E-state index contributed by atoms with van der Waals surface area (Å²) in [5.74, 6) is 0.843. The number of rotatable bonds is 0. The molecule has 2 heterocycles. The summed E-state index contributed by atoms with van der Waals surface area (Å²) in [6.45, 7) is 10.9. The van der Waals surface area contributed by atoms with E-state index in [0.29, 0.717) is 0 Å². The zero-order valence-electron chi connectivity index (χ0n) is 14.2. The number of nitrogens with two attached hydrogens (primary N) is 1. The monoisotopic (exact) mass is 312 g/mol. The Kier molecular flexibility index (Phi) is 8.47. The molecule has 124 valence electrons. The summed E-state index contributed by atoms with van der Waals surface area (Å²) in [4.78, 5) is 7.73. The smallest absolute Gasteiger partial charge is 0.123 e. The van der Waals surface area contributed by atoms with Crippen molar-refractivity contribution in [3.05, 3.63) is 61.6 Å². The lowest BCUT2D eigenvalue weighted by molar-refractivity contribution is 0.692. The first kappa shape index (κ1) is 18.7. The van der Waals surface area contributed by atoms with E-state index in [9.17, 15) is 0 Å². The SMILES string of the molecule is C=C.CC.NC1C/C=C/CCNc2ccccc2-c2cnc1[nH]2. The molecule has 4 heteroatoms. The highest BCUT2D eigenvalue weighted by molar-refractivity contribution is 5.75. The van der Waals surface area contributed by atoms with E-state index >= 15 is 0 Å². The van der Waals surface area contributed by atoms with Crippen LogP contribution in [0.25, 0.3) is 11.3 Å². The van der Waals surface area contributed by atoms with Crippen LogP contribution in [-0.2, 0) is 0 Å². The van der Waals surface area contributed by atoms with E-state index in [1.54, 1.807) is 0 Å². The summed E-state index contributed by atoms with van der Waals surface area (Å²) < 4.78 is 0. The maximum absolute atomic E-state index is 6.12. The molecule has 1 atom stereocenters. The number of fused-ring (bicyclic) bond motifs is 4. The first-order chi connectivity index (χ1) is 11.3. The largest absolute Gasteiger partial charge is 0.384 e. The van der Waals surface area contributed by atoms with Crippen molar-refractivity contribution < 1.29 is 0 Å². The summed E-state index contributed by atoms with van der Waals surface area (Å²) in [5, 5.41) is 3.46. The third kappa shape index (κ3) is 5.11. The Morgan fingerprint density at radius 1 is 1.17 bits per heavy atom. The van der Waals surface area contributed by atoms with Crippen LogP contribution in [-0.4, -0.2) is 16.5 Å². The number of aromatic nitrogens is 2. The standard InChI is InChI=1S/C15H18N4.C2H6.C2H4/c16-12-7-2-1-5-9-17-13-8-4-3-6-11(13)14-10-18-15(12)19-14;2*1-2/h1-4,6,8,10,12,17H,5,7,9,16H2,(H,18,19);1-2H3;1-2H2/b2-1+;;. The highest BCUT2D eigenvalue weighted by Gasteiger charge is 2.12. The van der Waals surface area contributed by atoms with Crippen LogP contribution in [0, 0.1) is 0 Å². The van der Waals surface area contributed by atoms with Crippen LogP contribution in [0.1, 0.15) is 38.6 Å². The van der Waals surface area contributed by atoms with Crippen LogP contribution in [0.15, 0.2) is 55.8 Å². The second-order valence-corrected chi connectivity index (χ2v) is 4.76. The predicted octanol–water partition coefficient (Wildman–Crippen LogP) is 4.67. The van der Waals surface area contributed by atoms with Crippen molar-refractivity contribution >= 4 is 5.69 Å². The molecule has 4 nitrogen and oxygen atoms in total. The van der Waals surface area contributed by atoms with Crippen molar-refractivity contribution in [2.75, 3.05) is 11.9 Å². The van der Waals surface area contributed by atoms with Crippen LogP contribution in [0.3, 0.4) is 0 Å². The van der Waals surface area contributed by atoms with Gasteiger partial charge in [0.2, 0.25) is 0 Å². The van der Waals surface area contributed by atoms with Gasteiger partial charge in [-0.2, -0.15) is 0 Å². The topological polar surface area (TPSA) is 66.7 Å². The van der Waals surface area contributed by atoms with Gasteiger partial charge in [-0.25, -0.2) is 4.98 Å². The van der Waals surface area contributed by atoms with Crippen LogP contribution < -0.4 is 11.1 Å². The number of aromatic amines is 1. The lowest BCUT2D eigenvalue weighted by Gasteiger charge is -2.11. The van der Waals surface area contributed by atoms with E-state index in [2.05, 4.69) is 52.7 Å². The Bertz CT molecular complexity index is 601. The van der Waals surface area contributed by atoms with Gasteiger partial charge in [-0.1, -0.05) is 44.2 Å². The van der Waals surface area contributed by atoms with Gasteiger partial charge in [-0.3, -0.25) is 0 Å². The molecule has 4 N–H and O–H groups in total. The molecule has 3 rings (SSSR count). The Balaban J connectivity index is 0.000000615. The lowest BCUT2D eigenvalue weighted by atomic mass is 10.1. The summed E-state index contributed by atoms with van der Waals surface area (Å²) >= 11 is 0. The van der Waals surface area contributed by atoms with Gasteiger partial charge >= 0.3 is 0 Å². The second-order valence-electron chi connectivity index (χ2n) is 4.76. The molecule has 1 aliphatic rings. The molecular weight excluding hydrogens is 284 g/mol. The highest BCUT2D eigenvalue weighted by atomic mass is 15.0. The van der Waals surface area contributed by atoms with Crippen molar-refractivity contribution in [2.45, 2.75) is 32.7 Å². The minimum Gasteiger partial charge on any atom is -0.384 e. The molecule has 1 aromatic carbocycles. The Hall–Kier alpha value is -2.33. The molecule has 0 saturated heterocycles. The zero-order chi connectivity index (χ0) is 17.1. The number of para-hydroxylation sites is 1. The van der Waals surface area contributed by atoms with E-state index < -0.39 is 0 Å². The summed E-state index contributed by atoms with van der Waals surface area (Å²) in [7, 11) is 0. The average molecular weight is 312 g/mol. The third-order valence-corrected chi connectivity index (χ3v) is 3.35. The quantitative estimate of drug-likeness (QED) is 0.619. The average Bonchev–Trinajstić information content (AvgIpc) is 3.11. The van der Waals surface area contributed by atoms with Crippen molar-refractivity contribution in [1.29, 1.82) is 0 Å². The molecule has 1 aliphatic heterocycles. The van der Waals surface area contributed by atoms with Crippen molar-refractivity contribution in [1.82, 2.24) is 9.97 Å². The maximum Gasteiger partial charge on any atom is 0.123 e. The van der Waals surface area contributed by atoms with Crippen LogP contribution in [0.2, 0.25) is 0 Å². The Morgan fingerprint density at radius 3 is 2.70 bits per heavy atom. The van der Waals surface area contributed by atoms with E-state index in [1.807, 2.05) is 32.2 Å². The summed E-state index contributed by atoms with van der Waals surface area (Å²) in [6.07, 6.45) is 7.97. The van der Waals surface area contributed by atoms with E-state index in [1.165, 1.54) is 0 Å². The van der Waals surface area contributed by atoms with Crippen molar-refractivity contribution in [3.8, 4) is 11.3 Å². The summed E-state index contributed by atoms with van der Waals surface area (Å²) in [6, 6.07) is 8.19. The van der Waals surface area contributed by atoms with Crippen molar-refractivity contribution in [2.24, 2.45) is 5.73 Å². The van der Waals surface area contributed by atoms with Crippen LogP contribution >= 0.6 is 0 Å². The van der Waals surface area contributed by atoms with Gasteiger partial charge in [0, 0.05) is 17.8 Å². The highest BCUT2D eigenvalue weighted by Crippen LogP contribution is 2.27. The Labute approximate surface area is 139 Å². The van der Waals surface area contributed by atoms with Gasteiger partial charge in [0.15, 0.2) is 0 Å². The molecule has 0 amide bonds. The number of nitrogens with zero attached hydrogens (tertiary/aromatic N) is 1. The second kappa shape index (κ2) is 10.4. The molecule has 0 spiro atoms. The first-order valence-corrected chi connectivity index (χ1v) is 8.13. The van der Waals surface area contributed by atoms with Gasteiger partial charge in [-0.15, -0.1) is 13.2 Å². The van der Waals surface area contributed by atoms with Crippen molar-refractivity contribution in [3.63, 3.8) is 0 Å². The van der Waals surface area contributed by atoms with Gasteiger partial charge in [0.1, 0.15) is 5.82 Å². The molecule has 1 aromatic heterocycles. The molecule has 23 heavy (non-hydrogen) atoms. The fourth-order valence-electron chi connectivity index (χ4n) is 2.30. The molecular formula is C19H28N4. The minimum absolute atomic E-state index is 0.0652.